The number of aliphatic hydroxyl groups excluding tert-OH is 1. The van der Waals surface area contributed by atoms with E-state index in [1.54, 1.807) is 27.4 Å². The van der Waals surface area contributed by atoms with Crippen LogP contribution in [0.1, 0.15) is 29.0 Å². The second-order valence-electron chi connectivity index (χ2n) is 8.76. The Hall–Kier alpha value is -3.42. The summed E-state index contributed by atoms with van der Waals surface area (Å²) < 4.78 is 35.8. The Labute approximate surface area is 197 Å². The number of hydrogen-bond acceptors (Lipinski definition) is 7. The first-order chi connectivity index (χ1) is 16.6. The Bertz CT molecular complexity index is 1240. The van der Waals surface area contributed by atoms with Crippen molar-refractivity contribution in [3.63, 3.8) is 0 Å². The van der Waals surface area contributed by atoms with Gasteiger partial charge in [-0.15, -0.1) is 0 Å². The lowest BCUT2D eigenvalue weighted by Gasteiger charge is -2.43. The van der Waals surface area contributed by atoms with Crippen LogP contribution in [-0.2, 0) is 15.9 Å². The first kappa shape index (κ1) is 21.1. The van der Waals surface area contributed by atoms with E-state index in [1.165, 1.54) is 0 Å². The molecule has 34 heavy (non-hydrogen) atoms. The summed E-state index contributed by atoms with van der Waals surface area (Å²) in [5, 5.41) is 11.7. The molecule has 0 saturated heterocycles. The third-order valence-corrected chi connectivity index (χ3v) is 7.43. The molecule has 6 rings (SSSR count). The molecule has 4 atom stereocenters. The monoisotopic (exact) mass is 462 g/mol. The van der Waals surface area contributed by atoms with Crippen LogP contribution in [0.3, 0.4) is 0 Å². The van der Waals surface area contributed by atoms with E-state index in [4.69, 9.17) is 28.4 Å². The van der Waals surface area contributed by atoms with Gasteiger partial charge < -0.3 is 33.5 Å². The van der Waals surface area contributed by atoms with E-state index in [1.807, 2.05) is 42.5 Å². The molecule has 2 aliphatic heterocycles. The van der Waals surface area contributed by atoms with E-state index in [0.29, 0.717) is 40.7 Å². The molecule has 176 valence electrons. The van der Waals surface area contributed by atoms with E-state index in [0.717, 1.165) is 11.1 Å². The molecule has 0 amide bonds. The summed E-state index contributed by atoms with van der Waals surface area (Å²) in [6, 6.07) is 19.5. The normalized spacial score (nSPS) is 28.2. The van der Waals surface area contributed by atoms with Gasteiger partial charge >= 0.3 is 0 Å². The van der Waals surface area contributed by atoms with E-state index in [9.17, 15) is 5.11 Å². The molecule has 1 saturated carbocycles. The maximum absolute atomic E-state index is 11.7. The average Bonchev–Trinajstić information content (AvgIpc) is 3.53. The Morgan fingerprint density at radius 2 is 1.68 bits per heavy atom. The molecule has 1 fully saturated rings. The van der Waals surface area contributed by atoms with Crippen LogP contribution in [-0.4, -0.2) is 39.3 Å². The molecule has 3 aromatic rings. The Balaban J connectivity index is 1.67. The Morgan fingerprint density at radius 3 is 2.41 bits per heavy atom. The van der Waals surface area contributed by atoms with Gasteiger partial charge in [0.05, 0.1) is 25.9 Å². The average molecular weight is 462 g/mol. The van der Waals surface area contributed by atoms with Crippen molar-refractivity contribution < 1.29 is 33.5 Å². The molecular weight excluding hydrogens is 436 g/mol. The minimum Gasteiger partial charge on any atom is -0.496 e. The molecule has 0 bridgehead atoms. The summed E-state index contributed by atoms with van der Waals surface area (Å²) in [6.45, 7) is 0.165. The van der Waals surface area contributed by atoms with E-state index in [-0.39, 0.29) is 12.7 Å². The third kappa shape index (κ3) is 2.54. The van der Waals surface area contributed by atoms with Gasteiger partial charge in [-0.05, 0) is 24.1 Å². The quantitative estimate of drug-likeness (QED) is 0.612. The van der Waals surface area contributed by atoms with Crippen LogP contribution in [0.15, 0.2) is 60.7 Å². The van der Waals surface area contributed by atoms with Crippen LogP contribution in [0.25, 0.3) is 0 Å². The predicted molar refractivity (Wildman–Crippen MR) is 123 cm³/mol. The molecule has 0 unspecified atom stereocenters. The molecule has 3 aliphatic rings. The topological polar surface area (TPSA) is 75.6 Å². The zero-order valence-corrected chi connectivity index (χ0v) is 19.2. The molecule has 3 aromatic carbocycles. The fraction of sp³-hybridized carbons (Fsp3) is 0.333. The molecule has 0 radical (unpaired) electrons. The molecule has 1 aliphatic carbocycles. The third-order valence-electron chi connectivity index (χ3n) is 7.43. The van der Waals surface area contributed by atoms with Crippen molar-refractivity contribution in [2.24, 2.45) is 0 Å². The highest BCUT2D eigenvalue weighted by Gasteiger charge is 2.74. The number of methoxy groups -OCH3 is 3. The van der Waals surface area contributed by atoms with Gasteiger partial charge in [-0.1, -0.05) is 36.4 Å². The highest BCUT2D eigenvalue weighted by atomic mass is 16.7. The van der Waals surface area contributed by atoms with Crippen molar-refractivity contribution in [2.45, 2.75) is 29.6 Å². The maximum atomic E-state index is 11.7. The minimum absolute atomic E-state index is 0.165. The summed E-state index contributed by atoms with van der Waals surface area (Å²) >= 11 is 0. The zero-order valence-electron chi connectivity index (χ0n) is 19.2. The summed E-state index contributed by atoms with van der Waals surface area (Å²) in [6.07, 6.45) is -0.447. The fourth-order valence-electron chi connectivity index (χ4n) is 6.07. The molecule has 0 aromatic heterocycles. The lowest BCUT2D eigenvalue weighted by atomic mass is 9.71. The van der Waals surface area contributed by atoms with Crippen molar-refractivity contribution in [2.75, 3.05) is 28.1 Å². The standard InChI is InChI=1S/C27H26O7/c1-29-18-12-22(30-2)25-23(13-18)34-26(17-9-10-20-21(11-17)33-15-32-20)19(16-7-5-4-6-8-16)14-24(28)27(25,26)31-3/h4-13,19,24,28H,14-15H2,1-3H3/t19-,24+,26-,27+/m0/s1. The summed E-state index contributed by atoms with van der Waals surface area (Å²) in [5.41, 5.74) is 0.180. The van der Waals surface area contributed by atoms with Crippen LogP contribution in [0.5, 0.6) is 28.7 Å². The van der Waals surface area contributed by atoms with E-state index < -0.39 is 17.3 Å². The van der Waals surface area contributed by atoms with Crippen LogP contribution in [0.2, 0.25) is 0 Å². The number of benzene rings is 3. The minimum atomic E-state index is -1.24. The van der Waals surface area contributed by atoms with Crippen molar-refractivity contribution in [3.8, 4) is 28.7 Å². The van der Waals surface area contributed by atoms with E-state index in [2.05, 4.69) is 12.1 Å². The smallest absolute Gasteiger partial charge is 0.231 e. The molecule has 0 spiro atoms. The Morgan fingerprint density at radius 1 is 0.882 bits per heavy atom. The van der Waals surface area contributed by atoms with Gasteiger partial charge in [0.25, 0.3) is 0 Å². The summed E-state index contributed by atoms with van der Waals surface area (Å²) in [5.74, 6) is 2.75. The van der Waals surface area contributed by atoms with Gasteiger partial charge in [0, 0.05) is 30.7 Å². The highest BCUT2D eigenvalue weighted by molar-refractivity contribution is 5.63. The summed E-state index contributed by atoms with van der Waals surface area (Å²) in [4.78, 5) is 0. The number of hydrogen-bond donors (Lipinski definition) is 1. The van der Waals surface area contributed by atoms with E-state index >= 15 is 0 Å². The van der Waals surface area contributed by atoms with Gasteiger partial charge in [-0.3, -0.25) is 0 Å². The van der Waals surface area contributed by atoms with Crippen LogP contribution < -0.4 is 23.7 Å². The second kappa shape index (κ2) is 7.55. The van der Waals surface area contributed by atoms with Gasteiger partial charge in [0.2, 0.25) is 6.79 Å². The van der Waals surface area contributed by atoms with Crippen molar-refractivity contribution >= 4 is 0 Å². The van der Waals surface area contributed by atoms with Crippen molar-refractivity contribution in [3.05, 3.63) is 77.4 Å². The van der Waals surface area contributed by atoms with Crippen molar-refractivity contribution in [1.82, 2.24) is 0 Å². The molecule has 7 heteroatoms. The number of ether oxygens (including phenoxy) is 6. The molecule has 7 nitrogen and oxygen atoms in total. The predicted octanol–water partition coefficient (Wildman–Crippen LogP) is 4.11. The first-order valence-corrected chi connectivity index (χ1v) is 11.2. The molecule has 1 N–H and O–H groups in total. The van der Waals surface area contributed by atoms with Gasteiger partial charge in [0.1, 0.15) is 17.2 Å². The largest absolute Gasteiger partial charge is 0.496 e. The Kier molecular flexibility index (Phi) is 4.69. The number of aliphatic hydroxyl groups is 1. The fourth-order valence-corrected chi connectivity index (χ4v) is 6.07. The SMILES string of the molecule is COc1cc(OC)c2c(c1)O[C@@]1(c3ccc4c(c3)OCO4)[C@H](c3ccccc3)C[C@@H](O)[C@@]21OC. The van der Waals surface area contributed by atoms with Crippen LogP contribution in [0, 0.1) is 0 Å². The molecule has 2 heterocycles. The lowest BCUT2D eigenvalue weighted by molar-refractivity contribution is -0.170. The van der Waals surface area contributed by atoms with Gasteiger partial charge in [-0.25, -0.2) is 0 Å². The zero-order chi connectivity index (χ0) is 23.5. The first-order valence-electron chi connectivity index (χ1n) is 11.2. The number of rotatable bonds is 5. The van der Waals surface area contributed by atoms with Crippen molar-refractivity contribution in [1.29, 1.82) is 0 Å². The van der Waals surface area contributed by atoms with Gasteiger partial charge in [0.15, 0.2) is 22.7 Å². The lowest BCUT2D eigenvalue weighted by Crippen LogP contribution is -2.53. The van der Waals surface area contributed by atoms with Crippen LogP contribution in [0.4, 0.5) is 0 Å². The highest BCUT2D eigenvalue weighted by Crippen LogP contribution is 2.70. The second-order valence-corrected chi connectivity index (χ2v) is 8.76. The maximum Gasteiger partial charge on any atom is 0.231 e. The number of fused-ring (bicyclic) bond motifs is 4. The van der Waals surface area contributed by atoms with Crippen LogP contribution >= 0.6 is 0 Å². The summed E-state index contributed by atoms with van der Waals surface area (Å²) in [7, 11) is 4.80. The molecular formula is C27H26O7. The van der Waals surface area contributed by atoms with Gasteiger partial charge in [-0.2, -0.15) is 0 Å².